The van der Waals surface area contributed by atoms with Gasteiger partial charge in [-0.05, 0) is 68.0 Å². The average molecular weight is 312 g/mol. The van der Waals surface area contributed by atoms with Crippen molar-refractivity contribution < 1.29 is 0 Å². The zero-order chi connectivity index (χ0) is 14.9. The molecule has 1 aliphatic heterocycles. The number of fused-ring (bicyclic) bond motifs is 1. The number of halogens is 1. The quantitative estimate of drug-likeness (QED) is 0.757. The van der Waals surface area contributed by atoms with Crippen molar-refractivity contribution in [2.45, 2.75) is 38.1 Å². The van der Waals surface area contributed by atoms with Crippen LogP contribution in [0.15, 0.2) is 42.5 Å². The van der Waals surface area contributed by atoms with Crippen molar-refractivity contribution in [1.82, 2.24) is 4.90 Å². The lowest BCUT2D eigenvalue weighted by Crippen LogP contribution is -2.37. The van der Waals surface area contributed by atoms with Gasteiger partial charge in [0, 0.05) is 16.6 Å². The van der Waals surface area contributed by atoms with Crippen molar-refractivity contribution in [3.63, 3.8) is 0 Å². The molecule has 0 unspecified atom stereocenters. The van der Waals surface area contributed by atoms with E-state index in [4.69, 9.17) is 11.6 Å². The Morgan fingerprint density at radius 2 is 1.68 bits per heavy atom. The monoisotopic (exact) mass is 311 g/mol. The molecule has 1 heterocycles. The van der Waals surface area contributed by atoms with Gasteiger partial charge in [0.1, 0.15) is 0 Å². The van der Waals surface area contributed by atoms with E-state index in [1.54, 1.807) is 0 Å². The molecule has 2 aliphatic rings. The molecule has 0 radical (unpaired) electrons. The molecule has 22 heavy (non-hydrogen) atoms. The van der Waals surface area contributed by atoms with Crippen LogP contribution < -0.4 is 0 Å². The highest BCUT2D eigenvalue weighted by Crippen LogP contribution is 2.36. The summed E-state index contributed by atoms with van der Waals surface area (Å²) < 4.78 is 0. The Morgan fingerprint density at radius 1 is 0.909 bits per heavy atom. The highest BCUT2D eigenvalue weighted by atomic mass is 35.5. The Hall–Kier alpha value is -1.31. The molecule has 114 valence electrons. The molecule has 0 N–H and O–H groups in total. The van der Waals surface area contributed by atoms with E-state index in [-0.39, 0.29) is 0 Å². The standard InChI is InChI=1S/C20H22ClN/c21-20-9-2-1-7-19(20)18-8-5-6-15-14-16(10-11-17(15)18)22-12-3-4-13-22/h1-2,5-9,16H,3-4,10-14H2/t16-/m0/s1. The fourth-order valence-corrected chi connectivity index (χ4v) is 4.38. The van der Waals surface area contributed by atoms with Crippen molar-refractivity contribution in [3.8, 4) is 11.1 Å². The Balaban J connectivity index is 1.68. The molecule has 4 rings (SSSR count). The van der Waals surface area contributed by atoms with E-state index in [1.807, 2.05) is 12.1 Å². The van der Waals surface area contributed by atoms with Crippen LogP contribution in [0.3, 0.4) is 0 Å². The number of likely N-dealkylation sites (tertiary alicyclic amines) is 1. The summed E-state index contributed by atoms with van der Waals surface area (Å²) in [5.74, 6) is 0. The van der Waals surface area contributed by atoms with E-state index in [0.29, 0.717) is 0 Å². The lowest BCUT2D eigenvalue weighted by atomic mass is 9.83. The maximum atomic E-state index is 6.43. The van der Waals surface area contributed by atoms with Crippen LogP contribution in [0.5, 0.6) is 0 Å². The molecule has 0 aromatic heterocycles. The van der Waals surface area contributed by atoms with Gasteiger partial charge in [0.2, 0.25) is 0 Å². The topological polar surface area (TPSA) is 3.24 Å². The minimum absolute atomic E-state index is 0.747. The summed E-state index contributed by atoms with van der Waals surface area (Å²) in [6.07, 6.45) is 6.42. The first-order valence-electron chi connectivity index (χ1n) is 8.42. The van der Waals surface area contributed by atoms with Crippen molar-refractivity contribution in [1.29, 1.82) is 0 Å². The van der Waals surface area contributed by atoms with Crippen LogP contribution in [0, 0.1) is 0 Å². The van der Waals surface area contributed by atoms with Crippen LogP contribution in [0.1, 0.15) is 30.4 Å². The van der Waals surface area contributed by atoms with E-state index in [0.717, 1.165) is 11.1 Å². The average Bonchev–Trinajstić information content (AvgIpc) is 3.09. The maximum Gasteiger partial charge on any atom is 0.0484 e. The van der Waals surface area contributed by atoms with Gasteiger partial charge in [-0.3, -0.25) is 0 Å². The Kier molecular flexibility index (Phi) is 3.94. The molecule has 2 heteroatoms. The summed E-state index contributed by atoms with van der Waals surface area (Å²) in [5.41, 5.74) is 5.57. The van der Waals surface area contributed by atoms with Gasteiger partial charge in [0.15, 0.2) is 0 Å². The second kappa shape index (κ2) is 6.06. The lowest BCUT2D eigenvalue weighted by molar-refractivity contribution is 0.222. The van der Waals surface area contributed by atoms with Gasteiger partial charge in [-0.15, -0.1) is 0 Å². The molecule has 0 saturated carbocycles. The van der Waals surface area contributed by atoms with E-state index < -0.39 is 0 Å². The summed E-state index contributed by atoms with van der Waals surface area (Å²) in [7, 11) is 0. The molecule has 1 atom stereocenters. The van der Waals surface area contributed by atoms with Gasteiger partial charge in [-0.1, -0.05) is 48.0 Å². The lowest BCUT2D eigenvalue weighted by Gasteiger charge is -2.33. The summed E-state index contributed by atoms with van der Waals surface area (Å²) in [4.78, 5) is 2.70. The molecule has 1 nitrogen and oxygen atoms in total. The van der Waals surface area contributed by atoms with E-state index >= 15 is 0 Å². The van der Waals surface area contributed by atoms with Gasteiger partial charge in [-0.25, -0.2) is 0 Å². The van der Waals surface area contributed by atoms with Crippen molar-refractivity contribution in [2.75, 3.05) is 13.1 Å². The van der Waals surface area contributed by atoms with E-state index in [2.05, 4.69) is 35.2 Å². The largest absolute Gasteiger partial charge is 0.300 e. The predicted molar refractivity (Wildman–Crippen MR) is 93.5 cm³/mol. The third kappa shape index (κ3) is 2.57. The molecule has 0 amide bonds. The van der Waals surface area contributed by atoms with Crippen LogP contribution in [-0.2, 0) is 12.8 Å². The first-order valence-corrected chi connectivity index (χ1v) is 8.80. The van der Waals surface area contributed by atoms with Crippen LogP contribution >= 0.6 is 11.6 Å². The van der Waals surface area contributed by atoms with Crippen molar-refractivity contribution >= 4 is 11.6 Å². The first-order chi connectivity index (χ1) is 10.8. The third-order valence-corrected chi connectivity index (χ3v) is 5.61. The normalized spacial score (nSPS) is 21.8. The smallest absolute Gasteiger partial charge is 0.0484 e. The summed E-state index contributed by atoms with van der Waals surface area (Å²) >= 11 is 6.43. The predicted octanol–water partition coefficient (Wildman–Crippen LogP) is 4.96. The highest BCUT2D eigenvalue weighted by molar-refractivity contribution is 6.33. The van der Waals surface area contributed by atoms with Gasteiger partial charge < -0.3 is 4.90 Å². The van der Waals surface area contributed by atoms with Gasteiger partial charge in [0.25, 0.3) is 0 Å². The summed E-state index contributed by atoms with van der Waals surface area (Å²) in [5, 5.41) is 0.859. The molecule has 1 fully saturated rings. The van der Waals surface area contributed by atoms with Crippen molar-refractivity contribution in [3.05, 3.63) is 58.6 Å². The maximum absolute atomic E-state index is 6.43. The number of benzene rings is 2. The molecule has 2 aromatic carbocycles. The van der Waals surface area contributed by atoms with Crippen LogP contribution in [0.25, 0.3) is 11.1 Å². The van der Waals surface area contributed by atoms with Gasteiger partial charge >= 0.3 is 0 Å². The minimum Gasteiger partial charge on any atom is -0.300 e. The number of nitrogens with zero attached hydrogens (tertiary/aromatic N) is 1. The number of hydrogen-bond donors (Lipinski definition) is 0. The summed E-state index contributed by atoms with van der Waals surface area (Å²) in [6.45, 7) is 2.59. The molecule has 0 bridgehead atoms. The SMILES string of the molecule is Clc1ccccc1-c1cccc2c1CC[C@H](N1CCCC1)C2. The second-order valence-corrected chi connectivity index (χ2v) is 6.97. The van der Waals surface area contributed by atoms with E-state index in [1.165, 1.54) is 67.4 Å². The van der Waals surface area contributed by atoms with Crippen molar-refractivity contribution in [2.24, 2.45) is 0 Å². The Bertz CT molecular complexity index is 673. The Morgan fingerprint density at radius 3 is 2.50 bits per heavy atom. The first kappa shape index (κ1) is 14.3. The fourth-order valence-electron chi connectivity index (χ4n) is 4.14. The molecule has 0 spiro atoms. The zero-order valence-corrected chi connectivity index (χ0v) is 13.6. The molecule has 1 aliphatic carbocycles. The van der Waals surface area contributed by atoms with E-state index in [9.17, 15) is 0 Å². The zero-order valence-electron chi connectivity index (χ0n) is 12.9. The molecular formula is C20H22ClN. The summed E-state index contributed by atoms with van der Waals surface area (Å²) in [6, 6.07) is 15.7. The Labute approximate surface area is 137 Å². The second-order valence-electron chi connectivity index (χ2n) is 6.56. The van der Waals surface area contributed by atoms with Gasteiger partial charge in [-0.2, -0.15) is 0 Å². The number of hydrogen-bond acceptors (Lipinski definition) is 1. The third-order valence-electron chi connectivity index (χ3n) is 5.28. The van der Waals surface area contributed by atoms with Crippen LogP contribution in [-0.4, -0.2) is 24.0 Å². The van der Waals surface area contributed by atoms with Crippen LogP contribution in [0.4, 0.5) is 0 Å². The van der Waals surface area contributed by atoms with Crippen LogP contribution in [0.2, 0.25) is 5.02 Å². The van der Waals surface area contributed by atoms with Gasteiger partial charge in [0.05, 0.1) is 0 Å². The highest BCUT2D eigenvalue weighted by Gasteiger charge is 2.27. The number of rotatable bonds is 2. The molecule has 2 aromatic rings. The fraction of sp³-hybridized carbons (Fsp3) is 0.400. The molecule has 1 saturated heterocycles. The minimum atomic E-state index is 0.747. The molecular weight excluding hydrogens is 290 g/mol.